The smallest absolute Gasteiger partial charge is 0.306 e. The monoisotopic (exact) mass is 1020 g/mol. The van der Waals surface area contributed by atoms with Crippen molar-refractivity contribution in [1.29, 1.82) is 0 Å². The van der Waals surface area contributed by atoms with Crippen molar-refractivity contribution in [2.24, 2.45) is 0 Å². The predicted molar refractivity (Wildman–Crippen MR) is 316 cm³/mol. The Morgan fingerprint density at radius 3 is 0.904 bits per heavy atom. The van der Waals surface area contributed by atoms with Crippen LogP contribution in [0.15, 0.2) is 72.9 Å². The maximum absolute atomic E-state index is 12.9. The first-order chi connectivity index (χ1) is 36.0. The lowest BCUT2D eigenvalue weighted by Crippen LogP contribution is -2.30. The molecule has 0 aromatic heterocycles. The Morgan fingerprint density at radius 1 is 0.288 bits per heavy atom. The molecule has 0 rings (SSSR count). The van der Waals surface area contributed by atoms with Crippen LogP contribution in [0.3, 0.4) is 0 Å². The normalized spacial score (nSPS) is 12.5. The topological polar surface area (TPSA) is 78.9 Å². The average Bonchev–Trinajstić information content (AvgIpc) is 3.39. The number of hydrogen-bond acceptors (Lipinski definition) is 6. The summed E-state index contributed by atoms with van der Waals surface area (Å²) in [6.07, 6.45) is 79.1. The summed E-state index contributed by atoms with van der Waals surface area (Å²) in [5, 5.41) is 0. The molecule has 0 N–H and O–H groups in total. The Kier molecular flexibility index (Phi) is 58.7. The third-order valence-corrected chi connectivity index (χ3v) is 13.7. The van der Waals surface area contributed by atoms with Crippen LogP contribution in [0.2, 0.25) is 0 Å². The Hall–Kier alpha value is -3.15. The van der Waals surface area contributed by atoms with Crippen molar-refractivity contribution in [2.45, 2.75) is 322 Å². The molecule has 0 aliphatic rings. The van der Waals surface area contributed by atoms with Gasteiger partial charge in [-0.3, -0.25) is 14.4 Å². The fourth-order valence-electron chi connectivity index (χ4n) is 9.00. The van der Waals surface area contributed by atoms with Gasteiger partial charge in [0.15, 0.2) is 6.10 Å². The lowest BCUT2D eigenvalue weighted by atomic mass is 10.0. The zero-order valence-electron chi connectivity index (χ0n) is 48.4. The molecule has 0 amide bonds. The molecule has 0 fully saturated rings. The first-order valence-corrected chi connectivity index (χ1v) is 31.4. The molecule has 422 valence electrons. The SMILES string of the molecule is CC/C=C\C/C=C\C/C=C\C/C=C\C/C=C\CCCC(=O)OC[C@H](COC(=O)CCCCCCCCCCC/C=C\CCCCCCCC)OC(=O)CCCCCCCCCCCCCCCCCCCCC. The van der Waals surface area contributed by atoms with Crippen LogP contribution in [0.4, 0.5) is 0 Å². The number of rotatable bonds is 57. The second kappa shape index (κ2) is 61.4. The number of carbonyl (C=O) groups is 3. The van der Waals surface area contributed by atoms with E-state index in [0.29, 0.717) is 19.3 Å². The van der Waals surface area contributed by atoms with Gasteiger partial charge in [0.1, 0.15) is 13.2 Å². The highest BCUT2D eigenvalue weighted by Crippen LogP contribution is 2.17. The Bertz CT molecular complexity index is 1360. The molecule has 1 atom stereocenters. The van der Waals surface area contributed by atoms with Gasteiger partial charge in [0.25, 0.3) is 0 Å². The number of carbonyl (C=O) groups excluding carboxylic acids is 3. The van der Waals surface area contributed by atoms with Gasteiger partial charge in [0.2, 0.25) is 0 Å². The molecule has 0 aromatic rings. The highest BCUT2D eigenvalue weighted by Gasteiger charge is 2.19. The molecule has 73 heavy (non-hydrogen) atoms. The van der Waals surface area contributed by atoms with Gasteiger partial charge in [0.05, 0.1) is 0 Å². The number of ether oxygens (including phenoxy) is 3. The van der Waals surface area contributed by atoms with Gasteiger partial charge < -0.3 is 14.2 Å². The summed E-state index contributed by atoms with van der Waals surface area (Å²) >= 11 is 0. The lowest BCUT2D eigenvalue weighted by Gasteiger charge is -2.18. The van der Waals surface area contributed by atoms with Crippen LogP contribution in [0.1, 0.15) is 316 Å². The molecule has 0 radical (unpaired) electrons. The van der Waals surface area contributed by atoms with Crippen molar-refractivity contribution in [3.63, 3.8) is 0 Å². The molecular formula is C67H118O6. The van der Waals surface area contributed by atoms with E-state index in [1.54, 1.807) is 0 Å². The number of esters is 3. The van der Waals surface area contributed by atoms with Crippen LogP contribution < -0.4 is 0 Å². The molecule has 0 aromatic carbocycles. The molecule has 0 saturated heterocycles. The molecule has 0 heterocycles. The third kappa shape index (κ3) is 59.6. The molecule has 0 unspecified atom stereocenters. The highest BCUT2D eigenvalue weighted by molar-refractivity contribution is 5.71. The van der Waals surface area contributed by atoms with E-state index in [-0.39, 0.29) is 37.5 Å². The molecular weight excluding hydrogens is 901 g/mol. The molecule has 0 bridgehead atoms. The van der Waals surface area contributed by atoms with E-state index < -0.39 is 6.10 Å². The quantitative estimate of drug-likeness (QED) is 0.0261. The molecule has 0 aliphatic heterocycles. The highest BCUT2D eigenvalue weighted by atomic mass is 16.6. The summed E-state index contributed by atoms with van der Waals surface area (Å²) in [6.45, 7) is 6.52. The summed E-state index contributed by atoms with van der Waals surface area (Å²) in [5.41, 5.74) is 0. The molecule has 6 heteroatoms. The maximum atomic E-state index is 12.9. The summed E-state index contributed by atoms with van der Waals surface area (Å²) < 4.78 is 16.9. The van der Waals surface area contributed by atoms with Gasteiger partial charge in [-0.15, -0.1) is 0 Å². The summed E-state index contributed by atoms with van der Waals surface area (Å²) in [5.74, 6) is -0.938. The summed E-state index contributed by atoms with van der Waals surface area (Å²) in [7, 11) is 0. The van der Waals surface area contributed by atoms with Crippen molar-refractivity contribution in [1.82, 2.24) is 0 Å². The first-order valence-electron chi connectivity index (χ1n) is 31.4. The van der Waals surface area contributed by atoms with Gasteiger partial charge >= 0.3 is 17.9 Å². The number of hydrogen-bond donors (Lipinski definition) is 0. The second-order valence-corrected chi connectivity index (χ2v) is 20.9. The van der Waals surface area contributed by atoms with Crippen LogP contribution in [-0.2, 0) is 28.6 Å². The second-order valence-electron chi connectivity index (χ2n) is 20.9. The van der Waals surface area contributed by atoms with E-state index in [0.717, 1.165) is 77.0 Å². The molecule has 0 aliphatic carbocycles. The van der Waals surface area contributed by atoms with Crippen LogP contribution in [0.5, 0.6) is 0 Å². The fourth-order valence-corrected chi connectivity index (χ4v) is 9.00. The zero-order chi connectivity index (χ0) is 52.9. The van der Waals surface area contributed by atoms with Gasteiger partial charge in [-0.2, -0.15) is 0 Å². The molecule has 6 nitrogen and oxygen atoms in total. The molecule has 0 spiro atoms. The van der Waals surface area contributed by atoms with Crippen molar-refractivity contribution in [3.8, 4) is 0 Å². The van der Waals surface area contributed by atoms with E-state index >= 15 is 0 Å². The Morgan fingerprint density at radius 2 is 0.548 bits per heavy atom. The van der Waals surface area contributed by atoms with Crippen LogP contribution in [0.25, 0.3) is 0 Å². The van der Waals surface area contributed by atoms with Crippen molar-refractivity contribution in [2.75, 3.05) is 13.2 Å². The van der Waals surface area contributed by atoms with E-state index in [9.17, 15) is 14.4 Å². The van der Waals surface area contributed by atoms with Crippen molar-refractivity contribution in [3.05, 3.63) is 72.9 Å². The van der Waals surface area contributed by atoms with Crippen LogP contribution >= 0.6 is 0 Å². The van der Waals surface area contributed by atoms with E-state index in [1.165, 1.54) is 193 Å². The van der Waals surface area contributed by atoms with E-state index in [4.69, 9.17) is 14.2 Å². The van der Waals surface area contributed by atoms with Crippen LogP contribution in [-0.4, -0.2) is 37.2 Å². The minimum atomic E-state index is -0.798. The largest absolute Gasteiger partial charge is 0.462 e. The zero-order valence-corrected chi connectivity index (χ0v) is 48.4. The van der Waals surface area contributed by atoms with Crippen LogP contribution in [0, 0.1) is 0 Å². The standard InChI is InChI=1S/C67H118O6/c1-4-7-10-13-16-19-22-25-28-31-33-36-39-42-45-48-51-54-57-60-66(69)72-63-64(62-71-65(68)59-56-53-50-47-44-41-38-35-30-27-24-21-18-15-12-9-6-3)73-67(70)61-58-55-52-49-46-43-40-37-34-32-29-26-23-20-17-14-11-8-5-2/h9,12,18,21,25,27-28,30,38,41,47,50,64H,4-8,10-11,13-17,19-20,22-24,26,29,31-37,39-40,42-46,48-49,51-63H2,1-3H3/b12-9-,21-18-,28-25-,30-27-,41-38-,50-47-/t64-/m1/s1. The van der Waals surface area contributed by atoms with Gasteiger partial charge in [0, 0.05) is 19.3 Å². The number of unbranched alkanes of at least 4 members (excludes halogenated alkanes) is 34. The minimum absolute atomic E-state index is 0.0913. The lowest BCUT2D eigenvalue weighted by molar-refractivity contribution is -0.167. The van der Waals surface area contributed by atoms with Gasteiger partial charge in [-0.25, -0.2) is 0 Å². The minimum Gasteiger partial charge on any atom is -0.462 e. The third-order valence-electron chi connectivity index (χ3n) is 13.7. The average molecular weight is 1020 g/mol. The Balaban J connectivity index is 4.42. The predicted octanol–water partition coefficient (Wildman–Crippen LogP) is 21.3. The van der Waals surface area contributed by atoms with Gasteiger partial charge in [-0.05, 0) is 83.5 Å². The fraction of sp³-hybridized carbons (Fsp3) is 0.776. The molecule has 0 saturated carbocycles. The maximum Gasteiger partial charge on any atom is 0.306 e. The van der Waals surface area contributed by atoms with Crippen molar-refractivity contribution >= 4 is 17.9 Å². The first kappa shape index (κ1) is 69.8. The van der Waals surface area contributed by atoms with E-state index in [2.05, 4.69) is 93.7 Å². The summed E-state index contributed by atoms with van der Waals surface area (Å²) in [4.78, 5) is 38.3. The number of allylic oxidation sites excluding steroid dienone is 12. The summed E-state index contributed by atoms with van der Waals surface area (Å²) in [6, 6.07) is 0. The Labute approximate surface area is 453 Å². The van der Waals surface area contributed by atoms with Gasteiger partial charge in [-0.1, -0.05) is 286 Å². The van der Waals surface area contributed by atoms with Crippen molar-refractivity contribution < 1.29 is 28.6 Å². The van der Waals surface area contributed by atoms with E-state index in [1.807, 2.05) is 0 Å².